The van der Waals surface area contributed by atoms with E-state index < -0.39 is 0 Å². The SMILES string of the molecule is NCCCCCC1CCc2ccccc2CC1. The van der Waals surface area contributed by atoms with Gasteiger partial charge in [0.25, 0.3) is 0 Å². The highest BCUT2D eigenvalue weighted by molar-refractivity contribution is 5.28. The predicted octanol–water partition coefficient (Wildman–Crippen LogP) is 3.70. The molecule has 0 fully saturated rings. The van der Waals surface area contributed by atoms with Crippen LogP contribution in [0.1, 0.15) is 49.7 Å². The summed E-state index contributed by atoms with van der Waals surface area (Å²) in [7, 11) is 0. The smallest absolute Gasteiger partial charge is 0.00773 e. The summed E-state index contributed by atoms with van der Waals surface area (Å²) in [5.41, 5.74) is 8.72. The van der Waals surface area contributed by atoms with E-state index in [1.54, 1.807) is 11.1 Å². The predicted molar refractivity (Wildman–Crippen MR) is 74.1 cm³/mol. The fraction of sp³-hybridized carbons (Fsp3) is 0.625. The molecule has 94 valence electrons. The molecule has 1 nitrogen and oxygen atoms in total. The first kappa shape index (κ1) is 12.6. The van der Waals surface area contributed by atoms with Gasteiger partial charge in [-0.2, -0.15) is 0 Å². The quantitative estimate of drug-likeness (QED) is 0.607. The summed E-state index contributed by atoms with van der Waals surface area (Å²) in [6.07, 6.45) is 10.7. The standard InChI is InChI=1S/C16H25N/c17-13-5-1-2-6-14-9-11-15-7-3-4-8-16(15)12-10-14/h3-4,7-8,14H,1-2,5-6,9-13,17H2. The second-order valence-corrected chi connectivity index (χ2v) is 5.35. The van der Waals surface area contributed by atoms with E-state index in [1.165, 1.54) is 51.4 Å². The number of hydrogen-bond acceptors (Lipinski definition) is 1. The van der Waals surface area contributed by atoms with Crippen molar-refractivity contribution in [3.8, 4) is 0 Å². The van der Waals surface area contributed by atoms with E-state index in [1.807, 2.05) is 0 Å². The Bertz CT molecular complexity index is 305. The highest BCUT2D eigenvalue weighted by atomic mass is 14.5. The molecule has 0 aliphatic heterocycles. The van der Waals surface area contributed by atoms with Crippen LogP contribution in [-0.2, 0) is 12.8 Å². The Kier molecular flexibility index (Phi) is 5.06. The molecule has 0 unspecified atom stereocenters. The second kappa shape index (κ2) is 6.80. The van der Waals surface area contributed by atoms with Crippen molar-refractivity contribution in [2.75, 3.05) is 6.54 Å². The number of rotatable bonds is 5. The number of hydrogen-bond donors (Lipinski definition) is 1. The van der Waals surface area contributed by atoms with Gasteiger partial charge in [0.1, 0.15) is 0 Å². The maximum absolute atomic E-state index is 5.53. The van der Waals surface area contributed by atoms with Crippen molar-refractivity contribution >= 4 is 0 Å². The first-order chi connectivity index (χ1) is 8.40. The van der Waals surface area contributed by atoms with Crippen LogP contribution in [0.15, 0.2) is 24.3 Å². The van der Waals surface area contributed by atoms with Gasteiger partial charge in [0.15, 0.2) is 0 Å². The van der Waals surface area contributed by atoms with Crippen LogP contribution in [-0.4, -0.2) is 6.54 Å². The minimum atomic E-state index is 0.857. The van der Waals surface area contributed by atoms with Crippen molar-refractivity contribution in [1.29, 1.82) is 0 Å². The summed E-state index contributed by atoms with van der Waals surface area (Å²) >= 11 is 0. The molecule has 17 heavy (non-hydrogen) atoms. The summed E-state index contributed by atoms with van der Waals surface area (Å²) in [5, 5.41) is 0. The average Bonchev–Trinajstić information content (AvgIpc) is 2.58. The number of nitrogens with two attached hydrogens (primary N) is 1. The number of unbranched alkanes of at least 4 members (excludes halogenated alkanes) is 2. The Labute approximate surface area is 105 Å². The van der Waals surface area contributed by atoms with E-state index in [9.17, 15) is 0 Å². The average molecular weight is 231 g/mol. The van der Waals surface area contributed by atoms with Crippen LogP contribution in [0, 0.1) is 5.92 Å². The van der Waals surface area contributed by atoms with E-state index in [-0.39, 0.29) is 0 Å². The lowest BCUT2D eigenvalue weighted by molar-refractivity contribution is 0.411. The fourth-order valence-corrected chi connectivity index (χ4v) is 2.95. The van der Waals surface area contributed by atoms with E-state index in [0.29, 0.717) is 0 Å². The van der Waals surface area contributed by atoms with Gasteiger partial charge in [-0.1, -0.05) is 43.5 Å². The molecule has 0 amide bonds. The summed E-state index contributed by atoms with van der Waals surface area (Å²) < 4.78 is 0. The molecule has 1 aliphatic carbocycles. The van der Waals surface area contributed by atoms with Crippen molar-refractivity contribution in [3.63, 3.8) is 0 Å². The molecule has 0 aromatic heterocycles. The molecular weight excluding hydrogens is 206 g/mol. The zero-order valence-corrected chi connectivity index (χ0v) is 10.8. The number of fused-ring (bicyclic) bond motifs is 1. The van der Waals surface area contributed by atoms with Crippen LogP contribution in [0.2, 0.25) is 0 Å². The third-order valence-corrected chi connectivity index (χ3v) is 4.08. The van der Waals surface area contributed by atoms with Crippen molar-refractivity contribution in [2.24, 2.45) is 11.7 Å². The molecule has 0 heterocycles. The summed E-state index contributed by atoms with van der Waals surface area (Å²) in [4.78, 5) is 0. The molecule has 0 atom stereocenters. The maximum Gasteiger partial charge on any atom is -0.00773 e. The molecule has 1 aromatic carbocycles. The van der Waals surface area contributed by atoms with Gasteiger partial charge in [0.2, 0.25) is 0 Å². The molecule has 1 heteroatoms. The number of aryl methyl sites for hydroxylation is 2. The number of benzene rings is 1. The zero-order chi connectivity index (χ0) is 11.9. The van der Waals surface area contributed by atoms with Gasteiger partial charge in [-0.05, 0) is 55.7 Å². The van der Waals surface area contributed by atoms with Crippen LogP contribution in [0.25, 0.3) is 0 Å². The molecular formula is C16H25N. The monoisotopic (exact) mass is 231 g/mol. The van der Waals surface area contributed by atoms with Crippen LogP contribution in [0.4, 0.5) is 0 Å². The minimum absolute atomic E-state index is 0.857. The lowest BCUT2D eigenvalue weighted by Gasteiger charge is -2.13. The van der Waals surface area contributed by atoms with E-state index in [0.717, 1.165) is 12.5 Å². The third kappa shape index (κ3) is 3.85. The van der Waals surface area contributed by atoms with Gasteiger partial charge >= 0.3 is 0 Å². The first-order valence-electron chi connectivity index (χ1n) is 7.17. The van der Waals surface area contributed by atoms with Gasteiger partial charge < -0.3 is 5.73 Å². The van der Waals surface area contributed by atoms with Gasteiger partial charge in [-0.3, -0.25) is 0 Å². The van der Waals surface area contributed by atoms with Crippen molar-refractivity contribution in [3.05, 3.63) is 35.4 Å². The largest absolute Gasteiger partial charge is 0.330 e. The van der Waals surface area contributed by atoms with Crippen molar-refractivity contribution in [1.82, 2.24) is 0 Å². The Balaban J connectivity index is 1.78. The fourth-order valence-electron chi connectivity index (χ4n) is 2.95. The topological polar surface area (TPSA) is 26.0 Å². The van der Waals surface area contributed by atoms with Crippen molar-refractivity contribution in [2.45, 2.75) is 51.4 Å². The Morgan fingerprint density at radius 2 is 1.59 bits per heavy atom. The van der Waals surface area contributed by atoms with Gasteiger partial charge in [-0.25, -0.2) is 0 Å². The van der Waals surface area contributed by atoms with Gasteiger partial charge in [0.05, 0.1) is 0 Å². The van der Waals surface area contributed by atoms with Gasteiger partial charge in [0, 0.05) is 0 Å². The molecule has 2 N–H and O–H groups in total. The van der Waals surface area contributed by atoms with Crippen LogP contribution in [0.5, 0.6) is 0 Å². The molecule has 0 saturated carbocycles. The second-order valence-electron chi connectivity index (χ2n) is 5.35. The Morgan fingerprint density at radius 1 is 0.941 bits per heavy atom. The van der Waals surface area contributed by atoms with Gasteiger partial charge in [-0.15, -0.1) is 0 Å². The molecule has 1 aromatic rings. The minimum Gasteiger partial charge on any atom is -0.330 e. The van der Waals surface area contributed by atoms with Crippen molar-refractivity contribution < 1.29 is 0 Å². The Morgan fingerprint density at radius 3 is 2.18 bits per heavy atom. The lowest BCUT2D eigenvalue weighted by Crippen LogP contribution is -2.02. The summed E-state index contributed by atoms with van der Waals surface area (Å²) in [5.74, 6) is 0.945. The Hall–Kier alpha value is -0.820. The molecule has 0 radical (unpaired) electrons. The highest BCUT2D eigenvalue weighted by Crippen LogP contribution is 2.27. The maximum atomic E-state index is 5.53. The molecule has 2 rings (SSSR count). The molecule has 0 bridgehead atoms. The van der Waals surface area contributed by atoms with Crippen LogP contribution in [0.3, 0.4) is 0 Å². The van der Waals surface area contributed by atoms with E-state index >= 15 is 0 Å². The lowest BCUT2D eigenvalue weighted by atomic mass is 9.93. The summed E-state index contributed by atoms with van der Waals surface area (Å²) in [6.45, 7) is 0.857. The summed E-state index contributed by atoms with van der Waals surface area (Å²) in [6, 6.07) is 8.99. The first-order valence-corrected chi connectivity index (χ1v) is 7.17. The van der Waals surface area contributed by atoms with Crippen LogP contribution >= 0.6 is 0 Å². The molecule has 0 spiro atoms. The third-order valence-electron chi connectivity index (χ3n) is 4.08. The van der Waals surface area contributed by atoms with E-state index in [2.05, 4.69) is 24.3 Å². The van der Waals surface area contributed by atoms with Crippen LogP contribution < -0.4 is 5.73 Å². The normalized spacial score (nSPS) is 16.5. The zero-order valence-electron chi connectivity index (χ0n) is 10.8. The molecule has 0 saturated heterocycles. The van der Waals surface area contributed by atoms with E-state index in [4.69, 9.17) is 5.73 Å². The molecule has 1 aliphatic rings. The highest BCUT2D eigenvalue weighted by Gasteiger charge is 2.15.